The van der Waals surface area contributed by atoms with E-state index in [-0.39, 0.29) is 0 Å². The Kier molecular flexibility index (Phi) is 3.14. The standard InChI is InChI=1S/C12H14NS/c1-2-3-4-5-10-6-7-12-11(8-10)13-9-14-12/h6-9H,1-5H2. The highest BCUT2D eigenvalue weighted by Crippen LogP contribution is 2.19. The summed E-state index contributed by atoms with van der Waals surface area (Å²) < 4.78 is 1.28. The van der Waals surface area contributed by atoms with Crippen molar-refractivity contribution < 1.29 is 0 Å². The minimum atomic E-state index is 1.04. The molecule has 0 aliphatic carbocycles. The lowest BCUT2D eigenvalue weighted by Crippen LogP contribution is -1.84. The molecule has 1 aromatic carbocycles. The van der Waals surface area contributed by atoms with Gasteiger partial charge in [0.1, 0.15) is 0 Å². The van der Waals surface area contributed by atoms with Gasteiger partial charge in [0.2, 0.25) is 0 Å². The van der Waals surface area contributed by atoms with Crippen LogP contribution in [0.3, 0.4) is 0 Å². The molecule has 0 amide bonds. The molecule has 2 rings (SSSR count). The van der Waals surface area contributed by atoms with Crippen molar-refractivity contribution in [1.29, 1.82) is 0 Å². The van der Waals surface area contributed by atoms with Crippen molar-refractivity contribution in [3.8, 4) is 0 Å². The molecule has 1 heterocycles. The molecule has 2 heteroatoms. The van der Waals surface area contributed by atoms with E-state index in [1.165, 1.54) is 23.1 Å². The highest BCUT2D eigenvalue weighted by Gasteiger charge is 1.98. The molecule has 0 aliphatic rings. The van der Waals surface area contributed by atoms with Crippen LogP contribution in [0.1, 0.15) is 24.8 Å². The lowest BCUT2D eigenvalue weighted by atomic mass is 10.1. The summed E-state index contributed by atoms with van der Waals surface area (Å²) in [5, 5.41) is 0. The number of thiazole rings is 1. The van der Waals surface area contributed by atoms with Crippen molar-refractivity contribution >= 4 is 21.6 Å². The number of aromatic nitrogens is 1. The van der Waals surface area contributed by atoms with Crippen LogP contribution in [0.15, 0.2) is 23.7 Å². The largest absolute Gasteiger partial charge is 0.245 e. The first kappa shape index (κ1) is 9.66. The van der Waals surface area contributed by atoms with Crippen LogP contribution in [0.25, 0.3) is 10.2 Å². The van der Waals surface area contributed by atoms with Gasteiger partial charge >= 0.3 is 0 Å². The maximum absolute atomic E-state index is 4.31. The summed E-state index contributed by atoms with van der Waals surface area (Å²) in [5.41, 5.74) is 4.45. The van der Waals surface area contributed by atoms with Crippen LogP contribution in [-0.2, 0) is 6.42 Å². The molecule has 1 radical (unpaired) electrons. The van der Waals surface area contributed by atoms with E-state index >= 15 is 0 Å². The maximum Gasteiger partial charge on any atom is 0.0814 e. The number of hydrogen-bond acceptors (Lipinski definition) is 2. The van der Waals surface area contributed by atoms with E-state index in [4.69, 9.17) is 0 Å². The molecule has 1 nitrogen and oxygen atoms in total. The fourth-order valence-electron chi connectivity index (χ4n) is 1.56. The van der Waals surface area contributed by atoms with Crippen LogP contribution in [0.4, 0.5) is 0 Å². The Morgan fingerprint density at radius 2 is 2.21 bits per heavy atom. The zero-order valence-corrected chi connectivity index (χ0v) is 9.02. The normalized spacial score (nSPS) is 10.9. The topological polar surface area (TPSA) is 12.9 Å². The van der Waals surface area contributed by atoms with E-state index in [0.717, 1.165) is 18.4 Å². The second kappa shape index (κ2) is 4.56. The van der Waals surface area contributed by atoms with Crippen molar-refractivity contribution in [2.45, 2.75) is 25.7 Å². The average Bonchev–Trinajstić information content (AvgIpc) is 2.65. The van der Waals surface area contributed by atoms with Gasteiger partial charge in [0, 0.05) is 0 Å². The van der Waals surface area contributed by atoms with Crippen LogP contribution in [0.5, 0.6) is 0 Å². The smallest absolute Gasteiger partial charge is 0.0814 e. The average molecular weight is 204 g/mol. The molecule has 0 N–H and O–H groups in total. The number of rotatable bonds is 4. The molecule has 0 atom stereocenters. The molecule has 73 valence electrons. The summed E-state index contributed by atoms with van der Waals surface area (Å²) in [7, 11) is 0. The predicted octanol–water partition coefficient (Wildman–Crippen LogP) is 3.84. The fraction of sp³-hybridized carbons (Fsp3) is 0.333. The second-order valence-corrected chi connectivity index (χ2v) is 4.35. The van der Waals surface area contributed by atoms with Crippen molar-refractivity contribution in [2.24, 2.45) is 0 Å². The molecule has 0 unspecified atom stereocenters. The Bertz CT molecular complexity index is 405. The minimum Gasteiger partial charge on any atom is -0.245 e. The molecule has 0 aliphatic heterocycles. The summed E-state index contributed by atoms with van der Waals surface area (Å²) in [4.78, 5) is 4.31. The third-order valence-corrected chi connectivity index (χ3v) is 3.17. The van der Waals surface area contributed by atoms with E-state index in [1.807, 2.05) is 5.51 Å². The lowest BCUT2D eigenvalue weighted by molar-refractivity contribution is 0.746. The van der Waals surface area contributed by atoms with Gasteiger partial charge in [-0.3, -0.25) is 0 Å². The number of benzene rings is 1. The van der Waals surface area contributed by atoms with Gasteiger partial charge in [0.15, 0.2) is 0 Å². The van der Waals surface area contributed by atoms with Gasteiger partial charge in [-0.15, -0.1) is 11.3 Å². The van der Waals surface area contributed by atoms with Crippen molar-refractivity contribution in [2.75, 3.05) is 0 Å². The maximum atomic E-state index is 4.31. The van der Waals surface area contributed by atoms with Crippen LogP contribution in [0.2, 0.25) is 0 Å². The first-order chi connectivity index (χ1) is 6.90. The molecule has 1 aromatic heterocycles. The van der Waals surface area contributed by atoms with E-state index in [9.17, 15) is 0 Å². The van der Waals surface area contributed by atoms with Gasteiger partial charge in [-0.05, 0) is 30.5 Å². The van der Waals surface area contributed by atoms with E-state index in [2.05, 4.69) is 30.1 Å². The third-order valence-electron chi connectivity index (χ3n) is 2.36. The Morgan fingerprint density at radius 1 is 1.29 bits per heavy atom. The molecule has 2 aromatic rings. The molecule has 14 heavy (non-hydrogen) atoms. The predicted molar refractivity (Wildman–Crippen MR) is 62.5 cm³/mol. The Labute approximate surface area is 88.8 Å². The number of fused-ring (bicyclic) bond motifs is 1. The third kappa shape index (κ3) is 2.13. The summed E-state index contributed by atoms with van der Waals surface area (Å²) in [6, 6.07) is 6.59. The first-order valence-corrected chi connectivity index (χ1v) is 5.89. The number of unbranched alkanes of at least 4 members (excludes halogenated alkanes) is 2. The highest BCUT2D eigenvalue weighted by molar-refractivity contribution is 7.16. The van der Waals surface area contributed by atoms with Crippen molar-refractivity contribution in [3.05, 3.63) is 36.2 Å². The summed E-state index contributed by atoms with van der Waals surface area (Å²) in [6.07, 6.45) is 4.65. The SMILES string of the molecule is [CH2]CCCCc1ccc2scnc2c1. The van der Waals surface area contributed by atoms with Gasteiger partial charge in [-0.2, -0.15) is 0 Å². The number of nitrogens with zero attached hydrogens (tertiary/aromatic N) is 1. The second-order valence-electron chi connectivity index (χ2n) is 3.47. The van der Waals surface area contributed by atoms with Gasteiger partial charge in [0.25, 0.3) is 0 Å². The number of hydrogen-bond donors (Lipinski definition) is 0. The highest BCUT2D eigenvalue weighted by atomic mass is 32.1. The molecule has 0 spiro atoms. The quantitative estimate of drug-likeness (QED) is 0.689. The molecule has 0 fully saturated rings. The minimum absolute atomic E-state index is 1.04. The number of aryl methyl sites for hydroxylation is 1. The summed E-state index contributed by atoms with van der Waals surface area (Å²) in [5.74, 6) is 0. The van der Waals surface area contributed by atoms with Crippen LogP contribution in [0, 0.1) is 6.92 Å². The lowest BCUT2D eigenvalue weighted by Gasteiger charge is -1.99. The molecule has 0 saturated carbocycles. The van der Waals surface area contributed by atoms with Crippen LogP contribution in [-0.4, -0.2) is 4.98 Å². The molecular weight excluding hydrogens is 190 g/mol. The zero-order chi connectivity index (χ0) is 9.80. The Morgan fingerprint density at radius 3 is 3.07 bits per heavy atom. The Balaban J connectivity index is 2.10. The summed E-state index contributed by atoms with van der Waals surface area (Å²) >= 11 is 1.70. The zero-order valence-electron chi connectivity index (χ0n) is 8.20. The molecule has 0 bridgehead atoms. The van der Waals surface area contributed by atoms with Crippen molar-refractivity contribution in [1.82, 2.24) is 4.98 Å². The molecular formula is C12H14NS. The fourth-order valence-corrected chi connectivity index (χ4v) is 2.22. The van der Waals surface area contributed by atoms with Gasteiger partial charge < -0.3 is 0 Å². The van der Waals surface area contributed by atoms with E-state index in [0.29, 0.717) is 0 Å². The van der Waals surface area contributed by atoms with E-state index in [1.54, 1.807) is 11.3 Å². The van der Waals surface area contributed by atoms with E-state index < -0.39 is 0 Å². The van der Waals surface area contributed by atoms with Crippen LogP contribution < -0.4 is 0 Å². The van der Waals surface area contributed by atoms with Crippen molar-refractivity contribution in [3.63, 3.8) is 0 Å². The van der Waals surface area contributed by atoms with Gasteiger partial charge in [0.05, 0.1) is 15.7 Å². The first-order valence-electron chi connectivity index (χ1n) is 5.01. The molecule has 0 saturated heterocycles. The van der Waals surface area contributed by atoms with Gasteiger partial charge in [-0.25, -0.2) is 4.98 Å². The van der Waals surface area contributed by atoms with Gasteiger partial charge in [-0.1, -0.05) is 25.8 Å². The summed E-state index contributed by atoms with van der Waals surface area (Å²) in [6.45, 7) is 3.85. The monoisotopic (exact) mass is 204 g/mol. The van der Waals surface area contributed by atoms with Crippen LogP contribution >= 0.6 is 11.3 Å². The Hall–Kier alpha value is -0.890.